The van der Waals surface area contributed by atoms with Gasteiger partial charge in [-0.3, -0.25) is 10.1 Å². The van der Waals surface area contributed by atoms with Crippen LogP contribution in [-0.2, 0) is 16.1 Å². The van der Waals surface area contributed by atoms with E-state index in [4.69, 9.17) is 25.8 Å². The van der Waals surface area contributed by atoms with Crippen molar-refractivity contribution in [1.29, 1.82) is 0 Å². The highest BCUT2D eigenvalue weighted by molar-refractivity contribution is 6.32. The summed E-state index contributed by atoms with van der Waals surface area (Å²) >= 11 is 6.39. The molecule has 0 saturated heterocycles. The molecule has 8 nitrogen and oxygen atoms in total. The molecule has 0 bridgehead atoms. The third-order valence-electron chi connectivity index (χ3n) is 5.10. The maximum atomic E-state index is 13.4. The van der Waals surface area contributed by atoms with Crippen LogP contribution >= 0.6 is 11.6 Å². The normalized spacial score (nSPS) is 14.0. The van der Waals surface area contributed by atoms with E-state index in [9.17, 15) is 19.3 Å². The van der Waals surface area contributed by atoms with Crippen molar-refractivity contribution >= 4 is 35.2 Å². The van der Waals surface area contributed by atoms with Crippen LogP contribution in [0.25, 0.3) is 6.08 Å². The second kappa shape index (κ2) is 9.94. The van der Waals surface area contributed by atoms with Crippen molar-refractivity contribution in [3.8, 4) is 11.5 Å². The predicted molar refractivity (Wildman–Crippen MR) is 127 cm³/mol. The van der Waals surface area contributed by atoms with Gasteiger partial charge in [0.2, 0.25) is 5.90 Å². The van der Waals surface area contributed by atoms with Crippen LogP contribution in [0.4, 0.5) is 10.1 Å². The average Bonchev–Trinajstić information content (AvgIpc) is 3.18. The topological polar surface area (TPSA) is 100 Å². The molecule has 0 atom stereocenters. The molecule has 0 spiro atoms. The van der Waals surface area contributed by atoms with Gasteiger partial charge in [0.25, 0.3) is 5.69 Å². The first kappa shape index (κ1) is 23.9. The maximum Gasteiger partial charge on any atom is 0.363 e. The molecule has 178 valence electrons. The van der Waals surface area contributed by atoms with Gasteiger partial charge in [-0.25, -0.2) is 14.2 Å². The van der Waals surface area contributed by atoms with E-state index in [0.717, 1.165) is 0 Å². The van der Waals surface area contributed by atoms with Gasteiger partial charge in [0.05, 0.1) is 17.1 Å². The van der Waals surface area contributed by atoms with Crippen LogP contribution in [0.5, 0.6) is 11.5 Å². The highest BCUT2D eigenvalue weighted by atomic mass is 35.5. The largest absolute Gasteiger partial charge is 0.493 e. The fourth-order valence-electron chi connectivity index (χ4n) is 3.38. The Morgan fingerprint density at radius 3 is 2.71 bits per heavy atom. The third-order valence-corrected chi connectivity index (χ3v) is 5.38. The van der Waals surface area contributed by atoms with E-state index in [1.807, 2.05) is 0 Å². The Morgan fingerprint density at radius 2 is 2.00 bits per heavy atom. The molecule has 0 saturated carbocycles. The van der Waals surface area contributed by atoms with Crippen LogP contribution in [0.1, 0.15) is 22.3 Å². The van der Waals surface area contributed by atoms with Gasteiger partial charge in [0, 0.05) is 17.2 Å². The number of cyclic esters (lactones) is 1. The van der Waals surface area contributed by atoms with Gasteiger partial charge in [0.15, 0.2) is 17.2 Å². The lowest BCUT2D eigenvalue weighted by molar-refractivity contribution is -0.385. The van der Waals surface area contributed by atoms with Gasteiger partial charge in [-0.1, -0.05) is 29.8 Å². The van der Waals surface area contributed by atoms with Crippen molar-refractivity contribution in [2.75, 3.05) is 7.11 Å². The summed E-state index contributed by atoms with van der Waals surface area (Å²) in [6.45, 7) is 1.68. The standard InChI is InChI=1S/C25H18ClFN2O6/c1-14-6-7-17(12-21(14)29(31)32)24-28-20(25(30)35-24)10-16-9-19(26)23(22(11-16)33-2)34-13-15-4-3-5-18(27)8-15/h3-12H,13H2,1-2H3/b20-10-. The molecule has 0 amide bonds. The molecule has 0 N–H and O–H groups in total. The Bertz CT molecular complexity index is 1400. The number of rotatable bonds is 7. The lowest BCUT2D eigenvalue weighted by Gasteiger charge is -2.13. The summed E-state index contributed by atoms with van der Waals surface area (Å²) in [5.41, 5.74) is 1.74. The summed E-state index contributed by atoms with van der Waals surface area (Å²) in [4.78, 5) is 27.3. The first-order chi connectivity index (χ1) is 16.7. The van der Waals surface area contributed by atoms with Gasteiger partial charge in [-0.2, -0.15) is 0 Å². The summed E-state index contributed by atoms with van der Waals surface area (Å²) in [5, 5.41) is 11.4. The van der Waals surface area contributed by atoms with Crippen LogP contribution in [0.3, 0.4) is 0 Å². The van der Waals surface area contributed by atoms with E-state index < -0.39 is 10.9 Å². The molecular formula is C25H18ClFN2O6. The number of esters is 1. The van der Waals surface area contributed by atoms with Crippen molar-refractivity contribution in [2.45, 2.75) is 13.5 Å². The van der Waals surface area contributed by atoms with Crippen LogP contribution in [-0.4, -0.2) is 23.9 Å². The minimum absolute atomic E-state index is 0.0187. The highest BCUT2D eigenvalue weighted by Crippen LogP contribution is 2.38. The van der Waals surface area contributed by atoms with E-state index in [1.54, 1.807) is 43.3 Å². The number of hydrogen-bond acceptors (Lipinski definition) is 7. The molecule has 4 rings (SSSR count). The number of hydrogen-bond donors (Lipinski definition) is 0. The lowest BCUT2D eigenvalue weighted by atomic mass is 10.1. The smallest absolute Gasteiger partial charge is 0.363 e. The van der Waals surface area contributed by atoms with Gasteiger partial charge < -0.3 is 14.2 Å². The Morgan fingerprint density at radius 1 is 1.20 bits per heavy atom. The Labute approximate surface area is 204 Å². The zero-order valence-electron chi connectivity index (χ0n) is 18.6. The van der Waals surface area contributed by atoms with Gasteiger partial charge in [-0.05, 0) is 54.5 Å². The molecule has 3 aromatic carbocycles. The highest BCUT2D eigenvalue weighted by Gasteiger charge is 2.26. The minimum atomic E-state index is -0.718. The maximum absolute atomic E-state index is 13.4. The van der Waals surface area contributed by atoms with Crippen LogP contribution in [0.15, 0.2) is 65.3 Å². The summed E-state index contributed by atoms with van der Waals surface area (Å²) in [7, 11) is 1.43. The second-order valence-electron chi connectivity index (χ2n) is 7.55. The number of aliphatic imine (C=N–C) groups is 1. The summed E-state index contributed by atoms with van der Waals surface area (Å²) < 4.78 is 29.8. The quantitative estimate of drug-likeness (QED) is 0.182. The molecule has 35 heavy (non-hydrogen) atoms. The zero-order valence-corrected chi connectivity index (χ0v) is 19.3. The zero-order chi connectivity index (χ0) is 25.1. The first-order valence-electron chi connectivity index (χ1n) is 10.3. The van der Waals surface area contributed by atoms with Gasteiger partial charge in [-0.15, -0.1) is 0 Å². The molecule has 1 aliphatic heterocycles. The molecule has 0 aromatic heterocycles. The van der Waals surface area contributed by atoms with Crippen molar-refractivity contribution in [3.05, 3.63) is 104 Å². The summed E-state index contributed by atoms with van der Waals surface area (Å²) in [6, 6.07) is 13.6. The Kier molecular flexibility index (Phi) is 6.79. The molecule has 0 radical (unpaired) electrons. The van der Waals surface area contributed by atoms with Crippen LogP contribution in [0.2, 0.25) is 5.02 Å². The number of carbonyl (C=O) groups excluding carboxylic acids is 1. The predicted octanol–water partition coefficient (Wildman–Crippen LogP) is 5.63. The van der Waals surface area contributed by atoms with Crippen molar-refractivity contribution in [1.82, 2.24) is 0 Å². The van der Waals surface area contributed by atoms with Gasteiger partial charge >= 0.3 is 5.97 Å². The molecule has 0 unspecified atom stereocenters. The lowest BCUT2D eigenvalue weighted by Crippen LogP contribution is -2.06. The van der Waals surface area contributed by atoms with E-state index >= 15 is 0 Å². The van der Waals surface area contributed by atoms with Crippen molar-refractivity contribution in [3.63, 3.8) is 0 Å². The van der Waals surface area contributed by atoms with Crippen molar-refractivity contribution in [2.24, 2.45) is 4.99 Å². The number of ether oxygens (including phenoxy) is 3. The molecule has 1 heterocycles. The van der Waals surface area contributed by atoms with E-state index in [-0.39, 0.29) is 40.5 Å². The molecule has 1 aliphatic rings. The first-order valence-corrected chi connectivity index (χ1v) is 10.7. The summed E-state index contributed by atoms with van der Waals surface area (Å²) in [6.07, 6.45) is 1.45. The molecule has 10 heteroatoms. The SMILES string of the molecule is COc1cc(/C=C2\N=C(c3ccc(C)c([N+](=O)[O-])c3)OC2=O)cc(Cl)c1OCc1cccc(F)c1. The number of nitro benzene ring substituents is 1. The second-order valence-corrected chi connectivity index (χ2v) is 7.95. The van der Waals surface area contributed by atoms with E-state index in [0.29, 0.717) is 28.0 Å². The monoisotopic (exact) mass is 496 g/mol. The molecule has 0 aliphatic carbocycles. The van der Waals surface area contributed by atoms with Crippen LogP contribution < -0.4 is 9.47 Å². The minimum Gasteiger partial charge on any atom is -0.493 e. The molecular weight excluding hydrogens is 479 g/mol. The number of nitro groups is 1. The molecule has 3 aromatic rings. The average molecular weight is 497 g/mol. The Balaban J connectivity index is 1.61. The van der Waals surface area contributed by atoms with Gasteiger partial charge in [0.1, 0.15) is 12.4 Å². The fourth-order valence-corrected chi connectivity index (χ4v) is 3.65. The third kappa shape index (κ3) is 5.30. The number of carbonyl (C=O) groups is 1. The number of halogens is 2. The Hall–Kier alpha value is -4.24. The number of methoxy groups -OCH3 is 1. The van der Waals surface area contributed by atoms with E-state index in [2.05, 4.69) is 4.99 Å². The fraction of sp³-hybridized carbons (Fsp3) is 0.120. The van der Waals surface area contributed by atoms with E-state index in [1.165, 1.54) is 31.4 Å². The number of nitrogens with zero attached hydrogens (tertiary/aromatic N) is 2. The number of benzene rings is 3. The molecule has 0 fully saturated rings. The van der Waals surface area contributed by atoms with Crippen molar-refractivity contribution < 1.29 is 28.3 Å². The van der Waals surface area contributed by atoms with Crippen LogP contribution in [0, 0.1) is 22.9 Å². The summed E-state index contributed by atoms with van der Waals surface area (Å²) in [5.74, 6) is -0.590. The number of aryl methyl sites for hydroxylation is 1.